The number of nitrogens with one attached hydrogen (secondary N) is 1. The maximum absolute atomic E-state index is 13.5. The molecule has 1 aliphatic heterocycles. The summed E-state index contributed by atoms with van der Waals surface area (Å²) in [4.78, 5) is 9.71. The minimum atomic E-state index is -0.277. The van der Waals surface area contributed by atoms with Crippen LogP contribution in [0.5, 0.6) is 0 Å². The molecule has 0 bridgehead atoms. The van der Waals surface area contributed by atoms with Gasteiger partial charge in [0.15, 0.2) is 5.82 Å². The van der Waals surface area contributed by atoms with Crippen molar-refractivity contribution < 1.29 is 4.39 Å². The van der Waals surface area contributed by atoms with E-state index in [4.69, 9.17) is 4.98 Å². The number of rotatable bonds is 3. The molecule has 28 heavy (non-hydrogen) atoms. The summed E-state index contributed by atoms with van der Waals surface area (Å²) in [6, 6.07) is 11.1. The number of piperazine rings is 1. The fourth-order valence-electron chi connectivity index (χ4n) is 4.07. The van der Waals surface area contributed by atoms with Crippen LogP contribution in [0.4, 0.5) is 10.1 Å². The molecule has 0 spiro atoms. The molecular weight excluding hydrogens is 355 g/mol. The van der Waals surface area contributed by atoms with E-state index in [2.05, 4.69) is 49.7 Å². The number of hydrogen-bond donors (Lipinski definition) is 1. The van der Waals surface area contributed by atoms with Gasteiger partial charge in [0.2, 0.25) is 0 Å². The minimum Gasteiger partial charge on any atom is -0.369 e. The van der Waals surface area contributed by atoms with E-state index in [1.807, 2.05) is 7.05 Å². The molecule has 1 saturated heterocycles. The number of aromatic nitrogens is 4. The van der Waals surface area contributed by atoms with Gasteiger partial charge in [-0.05, 0) is 42.9 Å². The Morgan fingerprint density at radius 2 is 1.89 bits per heavy atom. The second-order valence-electron chi connectivity index (χ2n) is 7.35. The van der Waals surface area contributed by atoms with Crippen molar-refractivity contribution in [2.75, 3.05) is 37.6 Å². The van der Waals surface area contributed by atoms with Gasteiger partial charge in [-0.3, -0.25) is 5.10 Å². The number of hydrogen-bond acceptors (Lipinski definition) is 4. The van der Waals surface area contributed by atoms with Gasteiger partial charge in [0.25, 0.3) is 0 Å². The van der Waals surface area contributed by atoms with Gasteiger partial charge >= 0.3 is 0 Å². The quantitative estimate of drug-likeness (QED) is 0.594. The SMILES string of the molecule is CCN1CCN(c2ccc3nc(-c4n[nH]c5cc(F)ccc45)n(C)c3c2)CC1. The largest absolute Gasteiger partial charge is 0.369 e. The first-order chi connectivity index (χ1) is 13.6. The molecule has 1 N–H and O–H groups in total. The monoisotopic (exact) mass is 378 g/mol. The third-order valence-corrected chi connectivity index (χ3v) is 5.79. The Bertz CT molecular complexity index is 1150. The number of aromatic amines is 1. The summed E-state index contributed by atoms with van der Waals surface area (Å²) in [6.07, 6.45) is 0. The lowest BCUT2D eigenvalue weighted by Gasteiger charge is -2.35. The summed E-state index contributed by atoms with van der Waals surface area (Å²) in [5.74, 6) is 0.501. The lowest BCUT2D eigenvalue weighted by molar-refractivity contribution is 0.271. The van der Waals surface area contributed by atoms with Gasteiger partial charge in [-0.2, -0.15) is 5.10 Å². The van der Waals surface area contributed by atoms with Crippen molar-refractivity contribution in [3.63, 3.8) is 0 Å². The molecule has 144 valence electrons. The van der Waals surface area contributed by atoms with Gasteiger partial charge in [-0.1, -0.05) is 6.92 Å². The van der Waals surface area contributed by atoms with E-state index in [0.717, 1.165) is 60.7 Å². The van der Waals surface area contributed by atoms with Crippen molar-refractivity contribution in [1.29, 1.82) is 0 Å². The summed E-state index contributed by atoms with van der Waals surface area (Å²) in [5.41, 5.74) is 4.66. The Morgan fingerprint density at radius 1 is 1.07 bits per heavy atom. The van der Waals surface area contributed by atoms with Crippen LogP contribution in [0.3, 0.4) is 0 Å². The van der Waals surface area contributed by atoms with E-state index >= 15 is 0 Å². The van der Waals surface area contributed by atoms with Crippen LogP contribution in [0.25, 0.3) is 33.5 Å². The van der Waals surface area contributed by atoms with E-state index < -0.39 is 0 Å². The number of nitrogens with zero attached hydrogens (tertiary/aromatic N) is 5. The van der Waals surface area contributed by atoms with Crippen LogP contribution in [0.15, 0.2) is 36.4 Å². The van der Waals surface area contributed by atoms with E-state index in [-0.39, 0.29) is 5.82 Å². The highest BCUT2D eigenvalue weighted by atomic mass is 19.1. The number of H-pyrrole nitrogens is 1. The number of halogens is 1. The first-order valence-electron chi connectivity index (χ1n) is 9.72. The van der Waals surface area contributed by atoms with Gasteiger partial charge in [-0.25, -0.2) is 9.37 Å². The first-order valence-corrected chi connectivity index (χ1v) is 9.72. The van der Waals surface area contributed by atoms with Crippen molar-refractivity contribution in [3.05, 3.63) is 42.2 Å². The molecule has 1 fully saturated rings. The van der Waals surface area contributed by atoms with E-state index in [0.29, 0.717) is 5.52 Å². The van der Waals surface area contributed by atoms with E-state index in [1.165, 1.54) is 17.8 Å². The zero-order valence-corrected chi connectivity index (χ0v) is 16.1. The molecule has 6 nitrogen and oxygen atoms in total. The zero-order valence-electron chi connectivity index (χ0n) is 16.1. The fourth-order valence-corrected chi connectivity index (χ4v) is 4.07. The molecule has 0 amide bonds. The highest BCUT2D eigenvalue weighted by Crippen LogP contribution is 2.30. The zero-order chi connectivity index (χ0) is 19.3. The Balaban J connectivity index is 1.54. The number of likely N-dealkylation sites (N-methyl/N-ethyl adjacent to an activating group) is 1. The summed E-state index contributed by atoms with van der Waals surface area (Å²) < 4.78 is 15.6. The van der Waals surface area contributed by atoms with Gasteiger partial charge in [-0.15, -0.1) is 0 Å². The Hall–Kier alpha value is -2.93. The van der Waals surface area contributed by atoms with Crippen LogP contribution in [-0.2, 0) is 7.05 Å². The first kappa shape index (κ1) is 17.2. The van der Waals surface area contributed by atoms with Gasteiger partial charge in [0, 0.05) is 44.3 Å². The molecule has 5 rings (SSSR count). The average molecular weight is 378 g/mol. The molecular formula is C21H23FN6. The highest BCUT2D eigenvalue weighted by Gasteiger charge is 2.19. The topological polar surface area (TPSA) is 53.0 Å². The van der Waals surface area contributed by atoms with Gasteiger partial charge in [0.05, 0.1) is 16.6 Å². The predicted octanol–water partition coefficient (Wildman–Crippen LogP) is 3.40. The number of benzene rings is 2. The average Bonchev–Trinajstić information content (AvgIpc) is 3.28. The smallest absolute Gasteiger partial charge is 0.162 e. The summed E-state index contributed by atoms with van der Waals surface area (Å²) in [7, 11) is 2.01. The van der Waals surface area contributed by atoms with E-state index in [9.17, 15) is 4.39 Å². The second kappa shape index (κ2) is 6.60. The molecule has 0 radical (unpaired) electrons. The maximum atomic E-state index is 13.5. The van der Waals surface area contributed by atoms with E-state index in [1.54, 1.807) is 6.07 Å². The number of imidazole rings is 1. The molecule has 2 aromatic carbocycles. The number of aryl methyl sites for hydroxylation is 1. The molecule has 7 heteroatoms. The summed E-state index contributed by atoms with van der Waals surface area (Å²) in [6.45, 7) is 7.60. The van der Waals surface area contributed by atoms with Crippen molar-refractivity contribution >= 4 is 27.6 Å². The Kier molecular flexibility index (Phi) is 4.05. The molecule has 4 aromatic rings. The standard InChI is InChI=1S/C21H23FN6/c1-3-27-8-10-28(11-9-27)15-5-7-17-19(13-15)26(2)21(23-17)20-16-6-4-14(22)12-18(16)24-25-20/h4-7,12-13H,3,8-11H2,1-2H3,(H,24,25). The van der Waals surface area contributed by atoms with Crippen molar-refractivity contribution in [2.45, 2.75) is 6.92 Å². The van der Waals surface area contributed by atoms with Crippen LogP contribution in [0.1, 0.15) is 6.92 Å². The third-order valence-electron chi connectivity index (χ3n) is 5.79. The molecule has 0 saturated carbocycles. The van der Waals surface area contributed by atoms with Crippen molar-refractivity contribution in [1.82, 2.24) is 24.6 Å². The van der Waals surface area contributed by atoms with Crippen LogP contribution >= 0.6 is 0 Å². The second-order valence-corrected chi connectivity index (χ2v) is 7.35. The molecule has 0 unspecified atom stereocenters. The highest BCUT2D eigenvalue weighted by molar-refractivity contribution is 5.93. The summed E-state index contributed by atoms with van der Waals surface area (Å²) >= 11 is 0. The fraction of sp³-hybridized carbons (Fsp3) is 0.333. The van der Waals surface area contributed by atoms with Crippen molar-refractivity contribution in [2.24, 2.45) is 7.05 Å². The number of fused-ring (bicyclic) bond motifs is 2. The van der Waals surface area contributed by atoms with Crippen LogP contribution < -0.4 is 4.90 Å². The third kappa shape index (κ3) is 2.74. The van der Waals surface area contributed by atoms with Crippen molar-refractivity contribution in [3.8, 4) is 11.5 Å². The molecule has 1 aliphatic rings. The maximum Gasteiger partial charge on any atom is 0.162 e. The van der Waals surface area contributed by atoms with Gasteiger partial charge in [0.1, 0.15) is 11.5 Å². The molecule has 2 aromatic heterocycles. The summed E-state index contributed by atoms with van der Waals surface area (Å²) in [5, 5.41) is 8.19. The van der Waals surface area contributed by atoms with Gasteiger partial charge < -0.3 is 14.4 Å². The molecule has 0 aliphatic carbocycles. The molecule has 3 heterocycles. The van der Waals surface area contributed by atoms with Crippen LogP contribution in [-0.4, -0.2) is 57.4 Å². The minimum absolute atomic E-state index is 0.277. The van der Waals surface area contributed by atoms with Crippen LogP contribution in [0.2, 0.25) is 0 Å². The normalized spacial score (nSPS) is 15.8. The lowest BCUT2D eigenvalue weighted by Crippen LogP contribution is -2.46. The lowest BCUT2D eigenvalue weighted by atomic mass is 10.2. The molecule has 0 atom stereocenters. The Labute approximate surface area is 162 Å². The predicted molar refractivity (Wildman–Crippen MR) is 110 cm³/mol. The van der Waals surface area contributed by atoms with Crippen LogP contribution in [0, 0.1) is 5.82 Å². The number of anilines is 1. The Morgan fingerprint density at radius 3 is 2.68 bits per heavy atom.